The number of likely N-dealkylation sites (N-methyl/N-ethyl adjacent to an activating group) is 1. The maximum Gasteiger partial charge on any atom is 0.257 e. The fraction of sp³-hybridized carbons (Fsp3) is 0.529. The molecule has 0 aromatic heterocycles. The zero-order valence-electron chi connectivity index (χ0n) is 14.4. The van der Waals surface area contributed by atoms with Gasteiger partial charge in [0.05, 0.1) is 11.3 Å². The Morgan fingerprint density at radius 3 is 2.74 bits per heavy atom. The molecule has 0 saturated heterocycles. The largest absolute Gasteiger partial charge is 0.486 e. The fourth-order valence-electron chi connectivity index (χ4n) is 2.80. The summed E-state index contributed by atoms with van der Waals surface area (Å²) in [6, 6.07) is 5.25. The molecule has 1 heterocycles. The summed E-state index contributed by atoms with van der Waals surface area (Å²) in [5, 5.41) is 2.76. The van der Waals surface area contributed by atoms with Gasteiger partial charge in [-0.15, -0.1) is 0 Å². The molecule has 126 valence electrons. The Hall–Kier alpha value is -2.08. The van der Waals surface area contributed by atoms with Gasteiger partial charge in [-0.2, -0.15) is 0 Å². The lowest BCUT2D eigenvalue weighted by Crippen LogP contribution is -2.44. The number of nitrogens with zero attached hydrogens (tertiary/aromatic N) is 2. The SMILES string of the molecule is CC(=O)Nc1cccc2c1O[C@@H](CN(C)C)[C@H](C)CN(C)C2=O. The van der Waals surface area contributed by atoms with Gasteiger partial charge in [-0.1, -0.05) is 13.0 Å². The minimum Gasteiger partial charge on any atom is -0.486 e. The van der Waals surface area contributed by atoms with Crippen molar-refractivity contribution in [3.63, 3.8) is 0 Å². The molecule has 1 aliphatic rings. The first-order valence-electron chi connectivity index (χ1n) is 7.77. The second kappa shape index (κ2) is 7.00. The number of nitrogens with one attached hydrogen (secondary N) is 1. The summed E-state index contributed by atoms with van der Waals surface area (Å²) in [6.07, 6.45) is -0.0748. The van der Waals surface area contributed by atoms with E-state index >= 15 is 0 Å². The Kier molecular flexibility index (Phi) is 5.26. The Morgan fingerprint density at radius 2 is 2.13 bits per heavy atom. The molecule has 6 nitrogen and oxygen atoms in total. The summed E-state index contributed by atoms with van der Waals surface area (Å²) >= 11 is 0. The molecule has 0 spiro atoms. The predicted molar refractivity (Wildman–Crippen MR) is 89.8 cm³/mol. The van der Waals surface area contributed by atoms with E-state index in [9.17, 15) is 9.59 Å². The van der Waals surface area contributed by atoms with Gasteiger partial charge in [-0.25, -0.2) is 0 Å². The highest BCUT2D eigenvalue weighted by atomic mass is 16.5. The van der Waals surface area contributed by atoms with E-state index in [1.54, 1.807) is 30.1 Å². The molecule has 23 heavy (non-hydrogen) atoms. The maximum absolute atomic E-state index is 12.6. The number of amides is 2. The number of hydrogen-bond donors (Lipinski definition) is 1. The molecule has 2 amide bonds. The van der Waals surface area contributed by atoms with Crippen LogP contribution in [0.25, 0.3) is 0 Å². The second-order valence-corrected chi connectivity index (χ2v) is 6.44. The maximum atomic E-state index is 12.6. The molecule has 1 aliphatic heterocycles. The van der Waals surface area contributed by atoms with Crippen molar-refractivity contribution in [2.45, 2.75) is 20.0 Å². The second-order valence-electron chi connectivity index (χ2n) is 6.44. The zero-order chi connectivity index (χ0) is 17.1. The molecule has 0 aliphatic carbocycles. The van der Waals surface area contributed by atoms with Crippen LogP contribution >= 0.6 is 0 Å². The topological polar surface area (TPSA) is 61.9 Å². The molecule has 0 unspecified atom stereocenters. The minimum atomic E-state index is -0.193. The minimum absolute atomic E-state index is 0.0748. The summed E-state index contributed by atoms with van der Waals surface area (Å²) in [7, 11) is 5.78. The number of fused-ring (bicyclic) bond motifs is 1. The van der Waals surface area contributed by atoms with E-state index in [-0.39, 0.29) is 23.8 Å². The molecule has 1 aromatic carbocycles. The smallest absolute Gasteiger partial charge is 0.257 e. The molecule has 0 fully saturated rings. The third-order valence-electron chi connectivity index (χ3n) is 3.91. The van der Waals surface area contributed by atoms with Crippen LogP contribution in [0.4, 0.5) is 5.69 Å². The summed E-state index contributed by atoms with van der Waals surface area (Å²) in [4.78, 5) is 27.9. The Morgan fingerprint density at radius 1 is 1.43 bits per heavy atom. The average molecular weight is 319 g/mol. The first-order valence-corrected chi connectivity index (χ1v) is 7.77. The number of rotatable bonds is 3. The third kappa shape index (κ3) is 4.01. The van der Waals surface area contributed by atoms with Gasteiger partial charge in [0, 0.05) is 33.0 Å². The molecule has 2 rings (SSSR count). The third-order valence-corrected chi connectivity index (χ3v) is 3.91. The summed E-state index contributed by atoms with van der Waals surface area (Å²) in [5.41, 5.74) is 1.02. The van der Waals surface area contributed by atoms with Crippen molar-refractivity contribution in [3.8, 4) is 5.75 Å². The van der Waals surface area contributed by atoms with E-state index in [0.29, 0.717) is 23.5 Å². The van der Waals surface area contributed by atoms with Crippen LogP contribution in [0.15, 0.2) is 18.2 Å². The standard InChI is InChI=1S/C17H25N3O3/c1-11-9-20(5)17(22)13-7-6-8-14(18-12(2)21)16(13)23-15(11)10-19(3)4/h6-8,11,15H,9-10H2,1-5H3,(H,18,21)/t11-,15+/m1/s1. The number of carbonyl (C=O) groups is 2. The van der Waals surface area contributed by atoms with E-state index in [2.05, 4.69) is 17.1 Å². The van der Waals surface area contributed by atoms with Crippen LogP contribution in [0.2, 0.25) is 0 Å². The number of benzene rings is 1. The monoisotopic (exact) mass is 319 g/mol. The number of carbonyl (C=O) groups excluding carboxylic acids is 2. The molecule has 1 aromatic rings. The van der Waals surface area contributed by atoms with E-state index in [1.165, 1.54) is 6.92 Å². The Labute approximate surface area is 137 Å². The van der Waals surface area contributed by atoms with Crippen LogP contribution in [-0.2, 0) is 4.79 Å². The average Bonchev–Trinajstić information content (AvgIpc) is 2.45. The molecule has 2 atom stereocenters. The molecule has 6 heteroatoms. The lowest BCUT2D eigenvalue weighted by atomic mass is 10.0. The van der Waals surface area contributed by atoms with Gasteiger partial charge in [0.25, 0.3) is 5.91 Å². The van der Waals surface area contributed by atoms with Crippen molar-refractivity contribution in [2.75, 3.05) is 39.5 Å². The van der Waals surface area contributed by atoms with Gasteiger partial charge in [-0.05, 0) is 26.2 Å². The van der Waals surface area contributed by atoms with Crippen LogP contribution in [0.5, 0.6) is 5.75 Å². The van der Waals surface area contributed by atoms with Gasteiger partial charge in [0.2, 0.25) is 5.91 Å². The van der Waals surface area contributed by atoms with Crippen molar-refractivity contribution in [1.29, 1.82) is 0 Å². The van der Waals surface area contributed by atoms with Crippen molar-refractivity contribution in [1.82, 2.24) is 9.80 Å². The first kappa shape index (κ1) is 17.3. The van der Waals surface area contributed by atoms with Gasteiger partial charge in [0.1, 0.15) is 6.10 Å². The highest BCUT2D eigenvalue weighted by Crippen LogP contribution is 2.33. The number of ether oxygens (including phenoxy) is 1. The summed E-state index contributed by atoms with van der Waals surface area (Å²) in [5.74, 6) is 0.340. The molecule has 0 radical (unpaired) electrons. The first-order chi connectivity index (χ1) is 10.8. The van der Waals surface area contributed by atoms with E-state index in [0.717, 1.165) is 6.54 Å². The van der Waals surface area contributed by atoms with Crippen LogP contribution in [0, 0.1) is 5.92 Å². The normalized spacial score (nSPS) is 21.3. The summed E-state index contributed by atoms with van der Waals surface area (Å²) in [6.45, 7) is 4.87. The number of hydrogen-bond acceptors (Lipinski definition) is 4. The lowest BCUT2D eigenvalue weighted by molar-refractivity contribution is -0.114. The van der Waals surface area contributed by atoms with Crippen LogP contribution in [-0.4, -0.2) is 62.0 Å². The van der Waals surface area contributed by atoms with Gasteiger partial charge in [-0.3, -0.25) is 9.59 Å². The van der Waals surface area contributed by atoms with Crippen LogP contribution in [0.3, 0.4) is 0 Å². The van der Waals surface area contributed by atoms with E-state index < -0.39 is 0 Å². The Bertz CT molecular complexity index is 601. The predicted octanol–water partition coefficient (Wildman–Crippen LogP) is 1.68. The van der Waals surface area contributed by atoms with Crippen molar-refractivity contribution >= 4 is 17.5 Å². The van der Waals surface area contributed by atoms with Crippen LogP contribution in [0.1, 0.15) is 24.2 Å². The van der Waals surface area contributed by atoms with E-state index in [1.807, 2.05) is 14.1 Å². The van der Waals surface area contributed by atoms with Crippen molar-refractivity contribution in [2.24, 2.45) is 5.92 Å². The highest BCUT2D eigenvalue weighted by Gasteiger charge is 2.30. The Balaban J connectivity index is 2.49. The van der Waals surface area contributed by atoms with Gasteiger partial charge in [0.15, 0.2) is 5.75 Å². The van der Waals surface area contributed by atoms with Crippen molar-refractivity contribution in [3.05, 3.63) is 23.8 Å². The lowest BCUT2D eigenvalue weighted by Gasteiger charge is -2.34. The molecule has 0 saturated carbocycles. The van der Waals surface area contributed by atoms with E-state index in [4.69, 9.17) is 4.74 Å². The van der Waals surface area contributed by atoms with Gasteiger partial charge < -0.3 is 19.9 Å². The molecule has 0 bridgehead atoms. The quantitative estimate of drug-likeness (QED) is 0.921. The summed E-state index contributed by atoms with van der Waals surface area (Å²) < 4.78 is 6.21. The molecular formula is C17H25N3O3. The zero-order valence-corrected chi connectivity index (χ0v) is 14.4. The number of para-hydroxylation sites is 1. The van der Waals surface area contributed by atoms with Crippen molar-refractivity contribution < 1.29 is 14.3 Å². The molecule has 1 N–H and O–H groups in total. The highest BCUT2D eigenvalue weighted by molar-refractivity contribution is 6.01. The fourth-order valence-corrected chi connectivity index (χ4v) is 2.80. The van der Waals surface area contributed by atoms with Crippen LogP contribution < -0.4 is 10.1 Å². The number of anilines is 1. The van der Waals surface area contributed by atoms with Gasteiger partial charge >= 0.3 is 0 Å². The molecular weight excluding hydrogens is 294 g/mol.